The Bertz CT molecular complexity index is 271. The summed E-state index contributed by atoms with van der Waals surface area (Å²) in [4.78, 5) is 0. The molecule has 0 unspecified atom stereocenters. The van der Waals surface area contributed by atoms with Gasteiger partial charge in [-0.05, 0) is 25.3 Å². The summed E-state index contributed by atoms with van der Waals surface area (Å²) >= 11 is 0. The van der Waals surface area contributed by atoms with E-state index in [0.29, 0.717) is 0 Å². The van der Waals surface area contributed by atoms with Gasteiger partial charge in [0.1, 0.15) is 0 Å². The first-order valence-corrected chi connectivity index (χ1v) is 5.39. The number of hydrogen-bond acceptors (Lipinski definition) is 1. The van der Waals surface area contributed by atoms with Crippen LogP contribution < -0.4 is 5.32 Å². The zero-order chi connectivity index (χ0) is 11.8. The van der Waals surface area contributed by atoms with Crippen LogP contribution in [0.5, 0.6) is 0 Å². The molecule has 0 saturated carbocycles. The van der Waals surface area contributed by atoms with Crippen molar-refractivity contribution in [3.8, 4) is 0 Å². The van der Waals surface area contributed by atoms with E-state index >= 15 is 0 Å². The van der Waals surface area contributed by atoms with Crippen molar-refractivity contribution < 1.29 is 0 Å². The molecule has 0 bridgehead atoms. The molecule has 0 aliphatic rings. The molecule has 0 spiro atoms. The highest BCUT2D eigenvalue weighted by Gasteiger charge is 2.00. The van der Waals surface area contributed by atoms with Gasteiger partial charge in [-0.15, -0.1) is 0 Å². The molecule has 0 aromatic heterocycles. The molecule has 0 aromatic carbocycles. The van der Waals surface area contributed by atoms with Gasteiger partial charge in [0.15, 0.2) is 0 Å². The molecule has 1 nitrogen and oxygen atoms in total. The second-order valence-corrected chi connectivity index (χ2v) is 4.07. The number of rotatable bonds is 8. The summed E-state index contributed by atoms with van der Waals surface area (Å²) in [6.45, 7) is 20.7. The summed E-state index contributed by atoms with van der Waals surface area (Å²) in [5, 5.41) is 3.24. The molecule has 0 heterocycles. The van der Waals surface area contributed by atoms with E-state index in [1.807, 2.05) is 6.92 Å². The van der Waals surface area contributed by atoms with Gasteiger partial charge in [0, 0.05) is 12.2 Å². The second-order valence-electron chi connectivity index (χ2n) is 4.07. The Labute approximate surface area is 94.3 Å². The highest BCUT2D eigenvalue weighted by molar-refractivity contribution is 5.28. The minimum Gasteiger partial charge on any atom is -0.382 e. The Morgan fingerprint density at radius 2 is 1.73 bits per heavy atom. The number of allylic oxidation sites excluding steroid dienone is 2. The molecule has 0 atom stereocenters. The van der Waals surface area contributed by atoms with Gasteiger partial charge in [-0.1, -0.05) is 50.8 Å². The van der Waals surface area contributed by atoms with Crippen LogP contribution >= 0.6 is 0 Å². The molecule has 0 radical (unpaired) electrons. The first kappa shape index (κ1) is 13.8. The molecular formula is C14H23N. The van der Waals surface area contributed by atoms with Crippen molar-refractivity contribution in [1.29, 1.82) is 0 Å². The summed E-state index contributed by atoms with van der Waals surface area (Å²) in [5.41, 5.74) is 4.22. The summed E-state index contributed by atoms with van der Waals surface area (Å²) in [5.74, 6) is 0. The van der Waals surface area contributed by atoms with Gasteiger partial charge in [0.2, 0.25) is 0 Å². The zero-order valence-electron chi connectivity index (χ0n) is 10.2. The van der Waals surface area contributed by atoms with E-state index < -0.39 is 0 Å². The van der Waals surface area contributed by atoms with E-state index in [0.717, 1.165) is 42.7 Å². The lowest BCUT2D eigenvalue weighted by Crippen LogP contribution is -2.16. The maximum absolute atomic E-state index is 3.99. The van der Waals surface area contributed by atoms with Crippen molar-refractivity contribution in [2.45, 2.75) is 33.1 Å². The summed E-state index contributed by atoms with van der Waals surface area (Å²) in [6, 6.07) is 0. The van der Waals surface area contributed by atoms with Crippen LogP contribution in [0.4, 0.5) is 0 Å². The first-order chi connectivity index (χ1) is 6.97. The van der Waals surface area contributed by atoms with Crippen molar-refractivity contribution in [1.82, 2.24) is 5.32 Å². The highest BCUT2D eigenvalue weighted by atomic mass is 14.9. The average molecular weight is 205 g/mol. The summed E-state index contributed by atoms with van der Waals surface area (Å²) in [6.07, 6.45) is 3.01. The van der Waals surface area contributed by atoms with Crippen molar-refractivity contribution in [3.05, 3.63) is 48.7 Å². The van der Waals surface area contributed by atoms with Crippen LogP contribution in [0.15, 0.2) is 48.7 Å². The Kier molecular flexibility index (Phi) is 6.52. The van der Waals surface area contributed by atoms with Gasteiger partial charge in [-0.25, -0.2) is 0 Å². The maximum Gasteiger partial charge on any atom is 0.0357 e. The molecule has 0 rings (SSSR count). The van der Waals surface area contributed by atoms with Crippen LogP contribution in [0.25, 0.3) is 0 Å². The minimum atomic E-state index is 0.794. The molecule has 0 aliphatic carbocycles. The van der Waals surface area contributed by atoms with Crippen LogP contribution in [0.2, 0.25) is 0 Å². The van der Waals surface area contributed by atoms with E-state index in [4.69, 9.17) is 0 Å². The lowest BCUT2D eigenvalue weighted by Gasteiger charge is -2.13. The smallest absolute Gasteiger partial charge is 0.0357 e. The van der Waals surface area contributed by atoms with Gasteiger partial charge >= 0.3 is 0 Å². The van der Waals surface area contributed by atoms with Crippen LogP contribution in [-0.2, 0) is 0 Å². The number of hydrogen-bond donors (Lipinski definition) is 1. The molecule has 1 heteroatoms. The normalized spacial score (nSPS) is 9.47. The van der Waals surface area contributed by atoms with Crippen molar-refractivity contribution in [2.75, 3.05) is 6.54 Å². The highest BCUT2D eigenvalue weighted by Crippen LogP contribution is 2.12. The third-order valence-electron chi connectivity index (χ3n) is 2.10. The molecule has 84 valence electrons. The Hall–Kier alpha value is -1.24. The lowest BCUT2D eigenvalue weighted by molar-refractivity contribution is 0.803. The zero-order valence-corrected chi connectivity index (χ0v) is 10.2. The summed E-state index contributed by atoms with van der Waals surface area (Å²) < 4.78 is 0. The van der Waals surface area contributed by atoms with E-state index in [9.17, 15) is 0 Å². The van der Waals surface area contributed by atoms with Gasteiger partial charge in [-0.3, -0.25) is 0 Å². The third kappa shape index (κ3) is 6.78. The fourth-order valence-electron chi connectivity index (χ4n) is 1.27. The monoisotopic (exact) mass is 205 g/mol. The SMILES string of the molecule is C=C(C)CC(=C)C(=C)NCC(=C)CCC. The maximum atomic E-state index is 3.99. The van der Waals surface area contributed by atoms with Crippen molar-refractivity contribution >= 4 is 0 Å². The Balaban J connectivity index is 3.88. The summed E-state index contributed by atoms with van der Waals surface area (Å²) in [7, 11) is 0. The van der Waals surface area contributed by atoms with E-state index in [1.165, 1.54) is 5.57 Å². The predicted molar refractivity (Wildman–Crippen MR) is 69.8 cm³/mol. The van der Waals surface area contributed by atoms with Crippen LogP contribution in [-0.4, -0.2) is 6.54 Å². The molecular weight excluding hydrogens is 182 g/mol. The Morgan fingerprint density at radius 3 is 2.20 bits per heavy atom. The lowest BCUT2D eigenvalue weighted by atomic mass is 10.1. The van der Waals surface area contributed by atoms with Crippen molar-refractivity contribution in [3.63, 3.8) is 0 Å². The molecule has 0 aromatic rings. The molecule has 15 heavy (non-hydrogen) atoms. The first-order valence-electron chi connectivity index (χ1n) is 5.39. The minimum absolute atomic E-state index is 0.794. The second kappa shape index (κ2) is 7.10. The molecule has 0 fully saturated rings. The molecule has 0 amide bonds. The van der Waals surface area contributed by atoms with Crippen LogP contribution in [0, 0.1) is 0 Å². The topological polar surface area (TPSA) is 12.0 Å². The molecule has 0 saturated heterocycles. The largest absolute Gasteiger partial charge is 0.382 e. The quantitative estimate of drug-likeness (QED) is 0.467. The van der Waals surface area contributed by atoms with Crippen molar-refractivity contribution in [2.24, 2.45) is 0 Å². The predicted octanol–water partition coefficient (Wildman–Crippen LogP) is 3.97. The number of nitrogens with one attached hydrogen (secondary N) is 1. The van der Waals surface area contributed by atoms with E-state index in [-0.39, 0.29) is 0 Å². The standard InChI is InChI=1S/C14H23N/c1-7-8-12(4)10-15-14(6)13(5)9-11(2)3/h15H,2,4-10H2,1,3H3. The van der Waals surface area contributed by atoms with E-state index in [1.54, 1.807) is 0 Å². The van der Waals surface area contributed by atoms with E-state index in [2.05, 4.69) is 38.6 Å². The fourth-order valence-corrected chi connectivity index (χ4v) is 1.27. The third-order valence-corrected chi connectivity index (χ3v) is 2.10. The average Bonchev–Trinajstić information content (AvgIpc) is 2.13. The van der Waals surface area contributed by atoms with Crippen LogP contribution in [0.3, 0.4) is 0 Å². The fraction of sp³-hybridized carbons (Fsp3) is 0.429. The van der Waals surface area contributed by atoms with Gasteiger partial charge in [0.05, 0.1) is 0 Å². The Morgan fingerprint density at radius 1 is 1.13 bits per heavy atom. The van der Waals surface area contributed by atoms with Gasteiger partial charge in [-0.2, -0.15) is 0 Å². The van der Waals surface area contributed by atoms with Gasteiger partial charge in [0.25, 0.3) is 0 Å². The molecule has 1 N–H and O–H groups in total. The van der Waals surface area contributed by atoms with Gasteiger partial charge < -0.3 is 5.32 Å². The molecule has 0 aliphatic heterocycles. The van der Waals surface area contributed by atoms with Crippen LogP contribution in [0.1, 0.15) is 33.1 Å².